The maximum absolute atomic E-state index is 13.1. The summed E-state index contributed by atoms with van der Waals surface area (Å²) in [4.78, 5) is 50.6. The summed E-state index contributed by atoms with van der Waals surface area (Å²) in [6.07, 6.45) is 0.497. The third kappa shape index (κ3) is 6.16. The van der Waals surface area contributed by atoms with Gasteiger partial charge in [-0.2, -0.15) is 0 Å². The summed E-state index contributed by atoms with van der Waals surface area (Å²) in [7, 11) is 1.76. The van der Waals surface area contributed by atoms with Gasteiger partial charge in [-0.25, -0.2) is 0 Å². The van der Waals surface area contributed by atoms with E-state index in [1.165, 1.54) is 0 Å². The first-order chi connectivity index (χ1) is 18.9. The van der Waals surface area contributed by atoms with Crippen molar-refractivity contribution in [2.24, 2.45) is 0 Å². The Balaban J connectivity index is 1.22. The van der Waals surface area contributed by atoms with Crippen LogP contribution in [0.4, 0.5) is 4.79 Å². The van der Waals surface area contributed by atoms with E-state index in [2.05, 4.69) is 11.4 Å². The lowest BCUT2D eigenvalue weighted by atomic mass is 10.00. The fraction of sp³-hybridized carbons (Fsp3) is 0.125. The number of hydrogen-bond donors (Lipinski definition) is 1. The number of rotatable bonds is 8. The van der Waals surface area contributed by atoms with E-state index in [1.807, 2.05) is 60.7 Å². The van der Waals surface area contributed by atoms with Crippen molar-refractivity contribution in [1.82, 2.24) is 10.2 Å². The van der Waals surface area contributed by atoms with E-state index in [0.717, 1.165) is 34.0 Å². The number of benzene rings is 4. The molecule has 0 saturated carbocycles. The average molecular weight is 535 g/mol. The summed E-state index contributed by atoms with van der Waals surface area (Å²) >= 11 is 1.03. The lowest BCUT2D eigenvalue weighted by Crippen LogP contribution is -2.26. The molecule has 7 heteroatoms. The third-order valence-corrected chi connectivity index (χ3v) is 7.58. The van der Waals surface area contributed by atoms with Crippen LogP contribution in [0.1, 0.15) is 37.4 Å². The van der Waals surface area contributed by atoms with Crippen molar-refractivity contribution in [1.29, 1.82) is 0 Å². The molecule has 6 nitrogen and oxygen atoms in total. The zero-order chi connectivity index (χ0) is 27.4. The van der Waals surface area contributed by atoms with Crippen molar-refractivity contribution < 1.29 is 19.2 Å². The van der Waals surface area contributed by atoms with Crippen molar-refractivity contribution in [3.8, 4) is 11.1 Å². The van der Waals surface area contributed by atoms with Gasteiger partial charge < -0.3 is 4.90 Å². The molecule has 0 aromatic heterocycles. The molecule has 1 saturated heterocycles. The Morgan fingerprint density at radius 1 is 0.744 bits per heavy atom. The largest absolute Gasteiger partial charge is 0.337 e. The molecular formula is C32H26N2O4S. The lowest BCUT2D eigenvalue weighted by molar-refractivity contribution is -0.118. The molecule has 1 aliphatic rings. The molecule has 0 spiro atoms. The molecule has 4 aromatic rings. The van der Waals surface area contributed by atoms with Gasteiger partial charge in [-0.1, -0.05) is 96.7 Å². The van der Waals surface area contributed by atoms with Crippen molar-refractivity contribution in [3.05, 3.63) is 131 Å². The van der Waals surface area contributed by atoms with Crippen LogP contribution in [-0.4, -0.2) is 40.0 Å². The lowest BCUT2D eigenvalue weighted by Gasteiger charge is -2.18. The molecule has 1 N–H and O–H groups in total. The highest BCUT2D eigenvalue weighted by atomic mass is 32.2. The van der Waals surface area contributed by atoms with Crippen LogP contribution in [0.5, 0.6) is 0 Å². The number of hydrogen-bond acceptors (Lipinski definition) is 5. The van der Waals surface area contributed by atoms with E-state index in [4.69, 9.17) is 0 Å². The van der Waals surface area contributed by atoms with E-state index in [9.17, 15) is 19.2 Å². The minimum absolute atomic E-state index is 0.0779. The maximum atomic E-state index is 13.1. The first-order valence-corrected chi connectivity index (χ1v) is 13.4. The predicted molar refractivity (Wildman–Crippen MR) is 153 cm³/mol. The summed E-state index contributed by atoms with van der Waals surface area (Å²) in [6, 6.07) is 31.8. The molecule has 4 aromatic carbocycles. The van der Waals surface area contributed by atoms with Gasteiger partial charge in [0.15, 0.2) is 5.78 Å². The Kier molecular flexibility index (Phi) is 7.70. The zero-order valence-electron chi connectivity index (χ0n) is 21.3. The van der Waals surface area contributed by atoms with Crippen molar-refractivity contribution >= 4 is 34.6 Å². The molecule has 1 atom stereocenters. The van der Waals surface area contributed by atoms with Crippen LogP contribution in [0, 0.1) is 0 Å². The van der Waals surface area contributed by atoms with E-state index in [-0.39, 0.29) is 28.1 Å². The Bertz CT molecular complexity index is 1530. The summed E-state index contributed by atoms with van der Waals surface area (Å²) in [6.45, 7) is 0.428. The number of carbonyl (C=O) groups is 4. The average Bonchev–Trinajstić information content (AvgIpc) is 3.29. The van der Waals surface area contributed by atoms with Crippen LogP contribution < -0.4 is 5.32 Å². The van der Waals surface area contributed by atoms with E-state index >= 15 is 0 Å². The molecule has 5 rings (SSSR count). The fourth-order valence-corrected chi connectivity index (χ4v) is 5.37. The monoisotopic (exact) mass is 534 g/mol. The second kappa shape index (κ2) is 11.5. The van der Waals surface area contributed by atoms with Gasteiger partial charge in [0.2, 0.25) is 5.91 Å². The number of thioether (sulfide) groups is 1. The van der Waals surface area contributed by atoms with Gasteiger partial charge >= 0.3 is 0 Å². The van der Waals surface area contributed by atoms with Gasteiger partial charge in [0.1, 0.15) is 0 Å². The molecule has 1 heterocycles. The molecule has 3 amide bonds. The van der Waals surface area contributed by atoms with E-state index < -0.39 is 0 Å². The number of nitrogens with one attached hydrogen (secondary N) is 1. The smallest absolute Gasteiger partial charge is 0.286 e. The van der Waals surface area contributed by atoms with Gasteiger partial charge in [-0.3, -0.25) is 24.5 Å². The molecule has 1 aliphatic heterocycles. The Morgan fingerprint density at radius 3 is 2.08 bits per heavy atom. The van der Waals surface area contributed by atoms with Crippen LogP contribution >= 0.6 is 11.8 Å². The summed E-state index contributed by atoms with van der Waals surface area (Å²) in [5, 5.41) is 1.64. The van der Waals surface area contributed by atoms with Crippen molar-refractivity contribution in [3.63, 3.8) is 0 Å². The highest BCUT2D eigenvalue weighted by Gasteiger charge is 2.31. The van der Waals surface area contributed by atoms with Crippen LogP contribution in [0.15, 0.2) is 103 Å². The Hall–Kier alpha value is -4.49. The highest BCUT2D eigenvalue weighted by molar-refractivity contribution is 8.15. The highest BCUT2D eigenvalue weighted by Crippen LogP contribution is 2.26. The van der Waals surface area contributed by atoms with Gasteiger partial charge in [0, 0.05) is 30.3 Å². The number of amides is 3. The summed E-state index contributed by atoms with van der Waals surface area (Å²) < 4.78 is 0. The second-order valence-electron chi connectivity index (χ2n) is 9.42. The quantitative estimate of drug-likeness (QED) is 0.291. The molecule has 0 radical (unpaired) electrons. The Morgan fingerprint density at radius 2 is 1.41 bits per heavy atom. The maximum Gasteiger partial charge on any atom is 0.286 e. The van der Waals surface area contributed by atoms with Gasteiger partial charge in [-0.05, 0) is 46.9 Å². The van der Waals surface area contributed by atoms with Crippen molar-refractivity contribution in [2.45, 2.75) is 18.2 Å². The molecule has 1 fully saturated rings. The van der Waals surface area contributed by atoms with Gasteiger partial charge in [-0.15, -0.1) is 0 Å². The molecule has 194 valence electrons. The summed E-state index contributed by atoms with van der Waals surface area (Å²) in [5.41, 5.74) is 5.68. The van der Waals surface area contributed by atoms with Gasteiger partial charge in [0.25, 0.3) is 11.1 Å². The number of ketones is 1. The molecule has 1 unspecified atom stereocenters. The Labute approximate surface area is 231 Å². The number of nitrogens with zero attached hydrogens (tertiary/aromatic N) is 1. The molecule has 39 heavy (non-hydrogen) atoms. The standard InChI is InChI=1S/C32H26N2O4S/c1-34(31(37)26-16-14-25(15-17-26)29(35)24-7-3-2-4-8-24)20-22-6-5-9-27(18-22)23-12-10-21(11-13-23)19-28-30(36)33-32(38)39-28/h2-18,28H,19-20H2,1H3,(H,33,36,38). The summed E-state index contributed by atoms with van der Waals surface area (Å²) in [5.74, 6) is -0.446. The number of carbonyl (C=O) groups excluding carboxylic acids is 4. The first kappa shape index (κ1) is 26.1. The minimum atomic E-state index is -0.389. The van der Waals surface area contributed by atoms with Crippen LogP contribution in [-0.2, 0) is 17.8 Å². The first-order valence-electron chi connectivity index (χ1n) is 12.5. The second-order valence-corrected chi connectivity index (χ2v) is 10.6. The fourth-order valence-electron chi connectivity index (χ4n) is 4.51. The molecular weight excluding hydrogens is 508 g/mol. The molecule has 0 bridgehead atoms. The van der Waals surface area contributed by atoms with Crippen LogP contribution in [0.2, 0.25) is 0 Å². The van der Waals surface area contributed by atoms with Crippen LogP contribution in [0.3, 0.4) is 0 Å². The number of imide groups is 1. The van der Waals surface area contributed by atoms with E-state index in [1.54, 1.807) is 48.3 Å². The van der Waals surface area contributed by atoms with Crippen LogP contribution in [0.25, 0.3) is 11.1 Å². The normalized spacial score (nSPS) is 14.6. The predicted octanol–water partition coefficient (Wildman–Crippen LogP) is 5.75. The molecule has 0 aliphatic carbocycles. The van der Waals surface area contributed by atoms with Gasteiger partial charge in [0.05, 0.1) is 5.25 Å². The minimum Gasteiger partial charge on any atom is -0.337 e. The SMILES string of the molecule is CN(Cc1cccc(-c2ccc(CC3SC(=O)NC3=O)cc2)c1)C(=O)c1ccc(C(=O)c2ccccc2)cc1. The topological polar surface area (TPSA) is 83.6 Å². The van der Waals surface area contributed by atoms with Crippen molar-refractivity contribution in [2.75, 3.05) is 7.05 Å². The van der Waals surface area contributed by atoms with E-state index in [0.29, 0.717) is 29.7 Å². The zero-order valence-corrected chi connectivity index (χ0v) is 22.1. The third-order valence-electron chi connectivity index (χ3n) is 6.60.